The molecule has 1 unspecified atom stereocenters. The molecule has 2 bridgehead atoms. The first kappa shape index (κ1) is 20.3. The smallest absolute Gasteiger partial charge is 0.147 e. The highest BCUT2D eigenvalue weighted by molar-refractivity contribution is 7.99. The molecule has 4 heterocycles. The number of aromatic nitrogens is 3. The van der Waals surface area contributed by atoms with Crippen LogP contribution >= 0.6 is 23.4 Å². The molecular weight excluding hydrogens is 440 g/mol. The number of hydrogen-bond donors (Lipinski definition) is 2. The van der Waals surface area contributed by atoms with Crippen LogP contribution in [0.15, 0.2) is 58.8 Å². The van der Waals surface area contributed by atoms with E-state index in [9.17, 15) is 0 Å². The minimum absolute atomic E-state index is 0.131. The summed E-state index contributed by atoms with van der Waals surface area (Å²) in [6.07, 6.45) is 11.1. The molecule has 2 fully saturated rings. The first-order chi connectivity index (χ1) is 15.5. The summed E-state index contributed by atoms with van der Waals surface area (Å²) in [6.45, 7) is 0. The first-order valence-corrected chi connectivity index (χ1v) is 12.3. The van der Waals surface area contributed by atoms with Gasteiger partial charge in [-0.05, 0) is 54.7 Å². The van der Waals surface area contributed by atoms with Crippen LogP contribution in [0.25, 0.3) is 0 Å². The van der Waals surface area contributed by atoms with Gasteiger partial charge in [0.05, 0.1) is 17.4 Å². The second-order valence-electron chi connectivity index (χ2n) is 9.24. The highest BCUT2D eigenvalue weighted by Crippen LogP contribution is 2.57. The standard InChI is InChI=1S/C24H25ClN6S/c25-21-18(7-8-28-23(21)27)32-20-13-29-19(12-30-20)31-15-5-6-16(31)11-24(10-15)9-14-3-1-2-4-17(14)22(24)26/h1-4,7-8,12-13,15-16,22H,5-6,9-11,26H2,(H2,27,28)/t15-,16?,22-,24+/m1/s1. The minimum atomic E-state index is 0.131. The fourth-order valence-corrected chi connectivity index (χ4v) is 7.09. The van der Waals surface area contributed by atoms with Crippen molar-refractivity contribution in [3.05, 3.63) is 65.1 Å². The van der Waals surface area contributed by atoms with Gasteiger partial charge in [0.1, 0.15) is 16.7 Å². The van der Waals surface area contributed by atoms with Crippen molar-refractivity contribution >= 4 is 35.0 Å². The fourth-order valence-electron chi connectivity index (χ4n) is 6.10. The third-order valence-electron chi connectivity index (χ3n) is 7.47. The van der Waals surface area contributed by atoms with E-state index in [0.717, 1.165) is 35.0 Å². The van der Waals surface area contributed by atoms with Crippen molar-refractivity contribution in [3.8, 4) is 0 Å². The van der Waals surface area contributed by atoms with Crippen molar-refractivity contribution in [1.29, 1.82) is 0 Å². The van der Waals surface area contributed by atoms with E-state index in [0.29, 0.717) is 22.9 Å². The average molecular weight is 465 g/mol. The van der Waals surface area contributed by atoms with Crippen LogP contribution in [0.4, 0.5) is 11.6 Å². The number of piperidine rings is 1. The number of nitrogens with two attached hydrogens (primary N) is 2. The Labute approximate surface area is 196 Å². The van der Waals surface area contributed by atoms with Crippen molar-refractivity contribution in [1.82, 2.24) is 15.0 Å². The first-order valence-electron chi connectivity index (χ1n) is 11.1. The molecule has 3 aliphatic rings. The van der Waals surface area contributed by atoms with Gasteiger partial charge < -0.3 is 16.4 Å². The summed E-state index contributed by atoms with van der Waals surface area (Å²) in [5.74, 6) is 1.29. The summed E-state index contributed by atoms with van der Waals surface area (Å²) in [5.41, 5.74) is 15.6. The lowest BCUT2D eigenvalue weighted by Crippen LogP contribution is -2.51. The van der Waals surface area contributed by atoms with E-state index < -0.39 is 0 Å². The van der Waals surface area contributed by atoms with Crippen LogP contribution in [-0.2, 0) is 6.42 Å². The molecule has 0 saturated carbocycles. The summed E-state index contributed by atoms with van der Waals surface area (Å²) in [4.78, 5) is 16.8. The van der Waals surface area contributed by atoms with Crippen molar-refractivity contribution in [2.75, 3.05) is 10.6 Å². The average Bonchev–Trinajstić information content (AvgIpc) is 3.23. The number of pyridine rings is 1. The molecule has 4 N–H and O–H groups in total. The summed E-state index contributed by atoms with van der Waals surface area (Å²) < 4.78 is 0. The molecule has 8 heteroatoms. The van der Waals surface area contributed by atoms with Crippen molar-refractivity contribution in [3.63, 3.8) is 0 Å². The molecule has 1 aliphatic carbocycles. The van der Waals surface area contributed by atoms with E-state index in [-0.39, 0.29) is 11.5 Å². The third kappa shape index (κ3) is 3.17. The topological polar surface area (TPSA) is 94.0 Å². The van der Waals surface area contributed by atoms with E-state index in [2.05, 4.69) is 39.1 Å². The highest BCUT2D eigenvalue weighted by atomic mass is 35.5. The molecule has 6 nitrogen and oxygen atoms in total. The number of nitrogens with zero attached hydrogens (tertiary/aromatic N) is 4. The maximum absolute atomic E-state index is 6.84. The number of hydrogen-bond acceptors (Lipinski definition) is 7. The van der Waals surface area contributed by atoms with Gasteiger partial charge >= 0.3 is 0 Å². The minimum Gasteiger partial charge on any atom is -0.382 e. The quantitative estimate of drug-likeness (QED) is 0.583. The summed E-state index contributed by atoms with van der Waals surface area (Å²) >= 11 is 7.72. The number of benzene rings is 1. The molecule has 2 aromatic heterocycles. The van der Waals surface area contributed by atoms with E-state index >= 15 is 0 Å². The van der Waals surface area contributed by atoms with Gasteiger partial charge in [-0.1, -0.05) is 47.6 Å². The van der Waals surface area contributed by atoms with Crippen LogP contribution in [0, 0.1) is 5.41 Å². The van der Waals surface area contributed by atoms with Gasteiger partial charge in [-0.3, -0.25) is 0 Å². The van der Waals surface area contributed by atoms with Crippen molar-refractivity contribution < 1.29 is 0 Å². The zero-order chi connectivity index (χ0) is 21.9. The third-order valence-corrected chi connectivity index (χ3v) is 8.96. The van der Waals surface area contributed by atoms with Gasteiger partial charge in [-0.15, -0.1) is 0 Å². The van der Waals surface area contributed by atoms with Gasteiger partial charge in [0, 0.05) is 29.2 Å². The van der Waals surface area contributed by atoms with Crippen LogP contribution in [0.1, 0.15) is 42.9 Å². The maximum atomic E-state index is 6.84. The van der Waals surface area contributed by atoms with E-state index in [1.165, 1.54) is 35.7 Å². The molecule has 164 valence electrons. The Morgan fingerprint density at radius 2 is 1.81 bits per heavy atom. The lowest BCUT2D eigenvalue weighted by atomic mass is 9.70. The van der Waals surface area contributed by atoms with Crippen LogP contribution in [0.3, 0.4) is 0 Å². The van der Waals surface area contributed by atoms with E-state index in [1.807, 2.05) is 18.5 Å². The van der Waals surface area contributed by atoms with Crippen LogP contribution in [0.2, 0.25) is 5.02 Å². The Morgan fingerprint density at radius 3 is 2.53 bits per heavy atom. The Morgan fingerprint density at radius 1 is 1.03 bits per heavy atom. The van der Waals surface area contributed by atoms with Gasteiger partial charge in [0.15, 0.2) is 0 Å². The fraction of sp³-hybridized carbons (Fsp3) is 0.375. The molecule has 3 aromatic rings. The number of halogens is 1. The second kappa shape index (κ2) is 7.61. The summed E-state index contributed by atoms with van der Waals surface area (Å²) in [6, 6.07) is 11.6. The van der Waals surface area contributed by atoms with Crippen LogP contribution < -0.4 is 16.4 Å². The second-order valence-corrected chi connectivity index (χ2v) is 10.7. The van der Waals surface area contributed by atoms with Crippen LogP contribution in [-0.4, -0.2) is 27.0 Å². The number of anilines is 2. The number of nitrogen functional groups attached to an aromatic ring is 1. The molecule has 0 radical (unpaired) electrons. The monoisotopic (exact) mass is 464 g/mol. The number of fused-ring (bicyclic) bond motifs is 3. The zero-order valence-corrected chi connectivity index (χ0v) is 19.2. The van der Waals surface area contributed by atoms with Crippen molar-refractivity contribution in [2.45, 2.75) is 60.2 Å². The van der Waals surface area contributed by atoms with E-state index in [4.69, 9.17) is 28.1 Å². The summed E-state index contributed by atoms with van der Waals surface area (Å²) in [7, 11) is 0. The van der Waals surface area contributed by atoms with E-state index in [1.54, 1.807) is 6.20 Å². The molecular formula is C24H25ClN6S. The summed E-state index contributed by atoms with van der Waals surface area (Å²) in [5, 5.41) is 1.24. The molecule has 4 atom stereocenters. The Bertz CT molecular complexity index is 1160. The molecule has 2 aliphatic heterocycles. The molecule has 0 amide bonds. The predicted molar refractivity (Wildman–Crippen MR) is 128 cm³/mol. The lowest BCUT2D eigenvalue weighted by molar-refractivity contribution is 0.155. The highest BCUT2D eigenvalue weighted by Gasteiger charge is 2.54. The molecule has 6 rings (SSSR count). The molecule has 32 heavy (non-hydrogen) atoms. The number of rotatable bonds is 3. The molecule has 1 spiro atoms. The van der Waals surface area contributed by atoms with Gasteiger partial charge in [-0.25, -0.2) is 15.0 Å². The normalized spacial score (nSPS) is 28.3. The Balaban J connectivity index is 1.21. The SMILES string of the molecule is Nc1nccc(Sc2cnc(N3C4CC[C@@H]3C[C@@]3(Cc5ccccc5[C@H]3N)C4)cn2)c1Cl. The predicted octanol–water partition coefficient (Wildman–Crippen LogP) is 4.63. The van der Waals surface area contributed by atoms with Gasteiger partial charge in [0.2, 0.25) is 0 Å². The van der Waals surface area contributed by atoms with Crippen LogP contribution in [0.5, 0.6) is 0 Å². The zero-order valence-electron chi connectivity index (χ0n) is 17.6. The largest absolute Gasteiger partial charge is 0.382 e. The van der Waals surface area contributed by atoms with Crippen molar-refractivity contribution in [2.24, 2.45) is 11.1 Å². The lowest BCUT2D eigenvalue weighted by Gasteiger charge is -2.47. The molecule has 1 aromatic carbocycles. The Hall–Kier alpha value is -2.35. The van der Waals surface area contributed by atoms with Gasteiger partial charge in [0.25, 0.3) is 0 Å². The molecule has 2 saturated heterocycles. The van der Waals surface area contributed by atoms with Gasteiger partial charge in [-0.2, -0.15) is 0 Å². The maximum Gasteiger partial charge on any atom is 0.147 e. The Kier molecular flexibility index (Phi) is 4.82.